The van der Waals surface area contributed by atoms with Gasteiger partial charge in [0, 0.05) is 23.0 Å². The van der Waals surface area contributed by atoms with E-state index in [1.54, 1.807) is 6.07 Å². The van der Waals surface area contributed by atoms with E-state index in [4.69, 9.17) is 5.73 Å². The van der Waals surface area contributed by atoms with Gasteiger partial charge in [-0.3, -0.25) is 4.90 Å². The number of benzene rings is 1. The van der Waals surface area contributed by atoms with Crippen molar-refractivity contribution in [3.8, 4) is 11.3 Å². The molecule has 1 aromatic carbocycles. The van der Waals surface area contributed by atoms with E-state index in [-0.39, 0.29) is 5.56 Å². The van der Waals surface area contributed by atoms with E-state index in [1.807, 2.05) is 0 Å². The van der Waals surface area contributed by atoms with Crippen LogP contribution in [-0.4, -0.2) is 22.5 Å². The Labute approximate surface area is 156 Å². The monoisotopic (exact) mass is 383 g/mol. The molecule has 0 bridgehead atoms. The second-order valence-electron chi connectivity index (χ2n) is 6.91. The summed E-state index contributed by atoms with van der Waals surface area (Å²) in [4.78, 5) is 7.71. The molecule has 3 rings (SSSR count). The smallest absolute Gasteiger partial charge is 0.375 e. The summed E-state index contributed by atoms with van der Waals surface area (Å²) >= 11 is 1.38. The lowest BCUT2D eigenvalue weighted by Crippen LogP contribution is -2.28. The lowest BCUT2D eigenvalue weighted by Gasteiger charge is -2.23. The third-order valence-corrected chi connectivity index (χ3v) is 5.87. The Morgan fingerprint density at radius 2 is 2.12 bits per heavy atom. The first-order valence-corrected chi connectivity index (χ1v) is 9.78. The fourth-order valence-corrected chi connectivity index (χ4v) is 4.61. The first-order valence-electron chi connectivity index (χ1n) is 8.97. The van der Waals surface area contributed by atoms with Crippen molar-refractivity contribution in [1.29, 1.82) is 0 Å². The Morgan fingerprint density at radius 3 is 2.81 bits per heavy atom. The van der Waals surface area contributed by atoms with Crippen LogP contribution in [0, 0.1) is 6.92 Å². The molecule has 1 atom stereocenters. The Balaban J connectivity index is 1.93. The van der Waals surface area contributed by atoms with Crippen LogP contribution in [0.3, 0.4) is 0 Å². The number of hydrogen-bond acceptors (Lipinski definition) is 4. The molecule has 1 aromatic heterocycles. The number of halogens is 3. The van der Waals surface area contributed by atoms with Gasteiger partial charge in [0.15, 0.2) is 5.13 Å². The van der Waals surface area contributed by atoms with Crippen molar-refractivity contribution in [3.63, 3.8) is 0 Å². The summed E-state index contributed by atoms with van der Waals surface area (Å²) in [5.74, 6) is 0. The van der Waals surface area contributed by atoms with E-state index in [2.05, 4.69) is 16.8 Å². The van der Waals surface area contributed by atoms with Crippen molar-refractivity contribution >= 4 is 16.5 Å². The van der Waals surface area contributed by atoms with Crippen LogP contribution in [0.5, 0.6) is 0 Å². The van der Waals surface area contributed by atoms with Crippen molar-refractivity contribution in [2.75, 3.05) is 12.3 Å². The van der Waals surface area contributed by atoms with Gasteiger partial charge in [-0.15, -0.1) is 11.3 Å². The second kappa shape index (κ2) is 7.56. The number of aromatic nitrogens is 1. The number of nitrogens with zero attached hydrogens (tertiary/aromatic N) is 2. The van der Waals surface area contributed by atoms with Crippen LogP contribution in [-0.2, 0) is 12.7 Å². The zero-order valence-corrected chi connectivity index (χ0v) is 15.9. The number of aryl methyl sites for hydroxylation is 1. The highest BCUT2D eigenvalue weighted by atomic mass is 32.1. The molecule has 2 aromatic rings. The van der Waals surface area contributed by atoms with Gasteiger partial charge in [-0.05, 0) is 44.4 Å². The van der Waals surface area contributed by atoms with Crippen molar-refractivity contribution in [2.24, 2.45) is 0 Å². The average molecular weight is 383 g/mol. The van der Waals surface area contributed by atoms with Gasteiger partial charge in [-0.2, -0.15) is 13.2 Å². The maximum Gasteiger partial charge on any atom is 0.416 e. The van der Waals surface area contributed by atoms with Crippen LogP contribution in [0.4, 0.5) is 18.3 Å². The number of likely N-dealkylation sites (tertiary alicyclic amines) is 1. The van der Waals surface area contributed by atoms with Gasteiger partial charge >= 0.3 is 6.18 Å². The molecule has 2 N–H and O–H groups in total. The highest BCUT2D eigenvalue weighted by Gasteiger charge is 2.33. The van der Waals surface area contributed by atoms with E-state index in [9.17, 15) is 13.2 Å². The van der Waals surface area contributed by atoms with E-state index in [0.717, 1.165) is 30.7 Å². The number of nitrogen functional groups attached to an aromatic ring is 1. The summed E-state index contributed by atoms with van der Waals surface area (Å²) < 4.78 is 39.8. The Morgan fingerprint density at radius 1 is 1.35 bits per heavy atom. The van der Waals surface area contributed by atoms with Crippen LogP contribution in [0.25, 0.3) is 11.3 Å². The third kappa shape index (κ3) is 4.04. The number of thiazole rings is 1. The van der Waals surface area contributed by atoms with Crippen LogP contribution >= 0.6 is 11.3 Å². The highest BCUT2D eigenvalue weighted by Crippen LogP contribution is 2.38. The lowest BCUT2D eigenvalue weighted by molar-refractivity contribution is -0.138. The fraction of sp³-hybridized carbons (Fsp3) is 0.526. The molecule has 0 amide bonds. The largest absolute Gasteiger partial charge is 0.416 e. The second-order valence-corrected chi connectivity index (χ2v) is 8.02. The Bertz CT molecular complexity index is 770. The molecule has 26 heavy (non-hydrogen) atoms. The quantitative estimate of drug-likeness (QED) is 0.743. The van der Waals surface area contributed by atoms with Gasteiger partial charge in [0.05, 0.1) is 11.3 Å². The summed E-state index contributed by atoms with van der Waals surface area (Å²) in [5, 5.41) is 0.398. The van der Waals surface area contributed by atoms with Crippen LogP contribution in [0.1, 0.15) is 48.6 Å². The van der Waals surface area contributed by atoms with E-state index >= 15 is 0 Å². The van der Waals surface area contributed by atoms with E-state index in [1.165, 1.54) is 36.8 Å². The highest BCUT2D eigenvalue weighted by molar-refractivity contribution is 7.15. The molecular formula is C19H24F3N3S. The summed E-state index contributed by atoms with van der Waals surface area (Å²) in [7, 11) is 0. The number of nitrogens with two attached hydrogens (primary N) is 1. The minimum Gasteiger partial charge on any atom is -0.375 e. The first kappa shape index (κ1) is 19.2. The van der Waals surface area contributed by atoms with Crippen molar-refractivity contribution < 1.29 is 13.2 Å². The topological polar surface area (TPSA) is 42.1 Å². The molecule has 0 spiro atoms. The predicted molar refractivity (Wildman–Crippen MR) is 100 cm³/mol. The first-order chi connectivity index (χ1) is 12.3. The molecule has 1 saturated heterocycles. The van der Waals surface area contributed by atoms with E-state index < -0.39 is 11.7 Å². The zero-order chi connectivity index (χ0) is 18.9. The summed E-state index contributed by atoms with van der Waals surface area (Å²) in [6.07, 6.45) is 0.248. The van der Waals surface area contributed by atoms with E-state index in [0.29, 0.717) is 29.0 Å². The van der Waals surface area contributed by atoms with Crippen LogP contribution in [0.2, 0.25) is 0 Å². The molecule has 1 aliphatic rings. The molecule has 7 heteroatoms. The molecular weight excluding hydrogens is 359 g/mol. The van der Waals surface area contributed by atoms with Gasteiger partial charge in [-0.25, -0.2) is 4.98 Å². The number of alkyl halides is 3. The molecule has 0 aliphatic carbocycles. The molecule has 1 aliphatic heterocycles. The normalized spacial score (nSPS) is 18.6. The predicted octanol–water partition coefficient (Wildman–Crippen LogP) is 5.48. The molecule has 0 saturated carbocycles. The molecule has 0 unspecified atom stereocenters. The molecule has 2 heterocycles. The average Bonchev–Trinajstić information content (AvgIpc) is 3.14. The third-order valence-electron chi connectivity index (χ3n) is 5.00. The minimum absolute atomic E-state index is 0.216. The van der Waals surface area contributed by atoms with Gasteiger partial charge in [-0.1, -0.05) is 25.5 Å². The molecule has 142 valence electrons. The number of hydrogen-bond donors (Lipinski definition) is 1. The SMILES string of the molecule is CCC[C@@H]1CCCN1Cc1sc(N)nc1-c1ccc(C)c(C(F)(F)F)c1. The van der Waals surface area contributed by atoms with Gasteiger partial charge in [0.2, 0.25) is 0 Å². The molecule has 0 radical (unpaired) electrons. The zero-order valence-electron chi connectivity index (χ0n) is 15.1. The van der Waals surface area contributed by atoms with Crippen molar-refractivity contribution in [2.45, 2.75) is 58.3 Å². The Kier molecular flexibility index (Phi) is 5.58. The Hall–Kier alpha value is -1.60. The fourth-order valence-electron chi connectivity index (χ4n) is 3.73. The van der Waals surface area contributed by atoms with Crippen molar-refractivity contribution in [3.05, 3.63) is 34.2 Å². The maximum atomic E-state index is 13.3. The van der Waals surface area contributed by atoms with Gasteiger partial charge in [0.1, 0.15) is 0 Å². The van der Waals surface area contributed by atoms with Crippen LogP contribution < -0.4 is 5.73 Å². The standard InChI is InChI=1S/C19H24F3N3S/c1-3-5-14-6-4-9-25(14)11-16-17(24-18(23)26-16)13-8-7-12(2)15(10-13)19(20,21)22/h7-8,10,14H,3-6,9,11H2,1-2H3,(H2,23,24)/t14-/m1/s1. The van der Waals surface area contributed by atoms with Gasteiger partial charge < -0.3 is 5.73 Å². The van der Waals surface area contributed by atoms with Crippen molar-refractivity contribution in [1.82, 2.24) is 9.88 Å². The summed E-state index contributed by atoms with van der Waals surface area (Å²) in [5.41, 5.74) is 6.57. The molecule has 3 nitrogen and oxygen atoms in total. The summed E-state index contributed by atoms with van der Waals surface area (Å²) in [6.45, 7) is 5.37. The lowest BCUT2D eigenvalue weighted by atomic mass is 10.0. The van der Waals surface area contributed by atoms with Gasteiger partial charge in [0.25, 0.3) is 0 Å². The van der Waals surface area contributed by atoms with Crippen LogP contribution in [0.15, 0.2) is 18.2 Å². The number of anilines is 1. The minimum atomic E-state index is -4.37. The summed E-state index contributed by atoms with van der Waals surface area (Å²) in [6, 6.07) is 4.95. The number of rotatable bonds is 5. The molecule has 1 fully saturated rings. The maximum absolute atomic E-state index is 13.3.